The Bertz CT molecular complexity index is 298. The van der Waals surface area contributed by atoms with Crippen molar-refractivity contribution in [1.29, 1.82) is 0 Å². The smallest absolute Gasteiger partial charge is 0.232 e. The first-order valence-electron chi connectivity index (χ1n) is 6.62. The van der Waals surface area contributed by atoms with Crippen LogP contribution in [0.25, 0.3) is 0 Å². The molecule has 7 nitrogen and oxygen atoms in total. The molecule has 2 amide bonds. The molecule has 2 N–H and O–H groups in total. The highest BCUT2D eigenvalue weighted by Crippen LogP contribution is 2.04. The molecule has 0 aromatic heterocycles. The molecule has 0 bridgehead atoms. The number of nitrogens with one attached hydrogen (secondary N) is 1. The van der Waals surface area contributed by atoms with Crippen molar-refractivity contribution in [1.82, 2.24) is 10.2 Å². The number of morpholine rings is 1. The van der Waals surface area contributed by atoms with Crippen molar-refractivity contribution in [2.24, 2.45) is 0 Å². The Balaban J connectivity index is 1.99. The van der Waals surface area contributed by atoms with Crippen LogP contribution < -0.4 is 5.32 Å². The predicted molar refractivity (Wildman–Crippen MR) is 75.6 cm³/mol. The number of hydrogen-bond acceptors (Lipinski definition) is 6. The van der Waals surface area contributed by atoms with Gasteiger partial charge in [0.1, 0.15) is 0 Å². The molecule has 0 unspecified atom stereocenters. The summed E-state index contributed by atoms with van der Waals surface area (Å²) in [5, 5.41) is 11.2. The third-order valence-corrected chi connectivity index (χ3v) is 3.54. The zero-order valence-electron chi connectivity index (χ0n) is 11.5. The Morgan fingerprint density at radius 2 is 2.00 bits per heavy atom. The van der Waals surface area contributed by atoms with E-state index in [2.05, 4.69) is 5.32 Å². The molecule has 20 heavy (non-hydrogen) atoms. The van der Waals surface area contributed by atoms with E-state index in [-0.39, 0.29) is 30.8 Å². The first kappa shape index (κ1) is 17.2. The Morgan fingerprint density at radius 1 is 1.25 bits per heavy atom. The molecule has 0 spiro atoms. The fraction of sp³-hybridized carbons (Fsp3) is 0.833. The lowest BCUT2D eigenvalue weighted by atomic mass is 10.4. The predicted octanol–water partition coefficient (Wildman–Crippen LogP) is -1.30. The average molecular weight is 306 g/mol. The average Bonchev–Trinajstić information content (AvgIpc) is 2.48. The molecule has 1 rings (SSSR count). The number of ether oxygens (including phenoxy) is 2. The number of aliphatic hydroxyl groups excluding tert-OH is 1. The van der Waals surface area contributed by atoms with Crippen LogP contribution in [0.1, 0.15) is 0 Å². The first-order chi connectivity index (χ1) is 9.74. The molecule has 1 aliphatic rings. The second-order valence-electron chi connectivity index (χ2n) is 4.17. The number of carbonyl (C=O) groups is 2. The van der Waals surface area contributed by atoms with Crippen LogP contribution in [-0.2, 0) is 19.1 Å². The molecule has 0 saturated carbocycles. The van der Waals surface area contributed by atoms with Gasteiger partial charge in [-0.3, -0.25) is 9.59 Å². The van der Waals surface area contributed by atoms with E-state index in [1.807, 2.05) is 0 Å². The summed E-state index contributed by atoms with van der Waals surface area (Å²) >= 11 is 1.31. The SMILES string of the molecule is O=C(CSCC(=O)N1CCOCC1)NCCOCCO. The maximum Gasteiger partial charge on any atom is 0.232 e. The van der Waals surface area contributed by atoms with E-state index in [1.54, 1.807) is 4.90 Å². The Morgan fingerprint density at radius 3 is 2.70 bits per heavy atom. The number of thioether (sulfide) groups is 1. The molecule has 1 fully saturated rings. The number of aliphatic hydroxyl groups is 1. The van der Waals surface area contributed by atoms with Crippen molar-refractivity contribution < 1.29 is 24.2 Å². The second-order valence-corrected chi connectivity index (χ2v) is 5.16. The highest BCUT2D eigenvalue weighted by atomic mass is 32.2. The monoisotopic (exact) mass is 306 g/mol. The molecule has 8 heteroatoms. The Hall–Kier alpha value is -0.830. The normalized spacial score (nSPS) is 15.2. The second kappa shape index (κ2) is 10.9. The van der Waals surface area contributed by atoms with E-state index in [0.29, 0.717) is 45.2 Å². The summed E-state index contributed by atoms with van der Waals surface area (Å²) in [5.74, 6) is 0.514. The van der Waals surface area contributed by atoms with E-state index in [9.17, 15) is 9.59 Å². The topological polar surface area (TPSA) is 88.1 Å². The van der Waals surface area contributed by atoms with E-state index in [0.717, 1.165) is 0 Å². The molecule has 0 aromatic carbocycles. The third-order valence-electron chi connectivity index (χ3n) is 2.63. The summed E-state index contributed by atoms with van der Waals surface area (Å²) in [4.78, 5) is 25.0. The number of carbonyl (C=O) groups excluding carboxylic acids is 2. The van der Waals surface area contributed by atoms with Crippen LogP contribution in [0.2, 0.25) is 0 Å². The van der Waals surface area contributed by atoms with Crippen LogP contribution in [0.5, 0.6) is 0 Å². The zero-order chi connectivity index (χ0) is 14.6. The fourth-order valence-corrected chi connectivity index (χ4v) is 2.36. The Kier molecular flexibility index (Phi) is 9.38. The standard InChI is InChI=1S/C12H22N2O5S/c15-4-8-18-5-1-13-11(16)9-20-10-12(17)14-2-6-19-7-3-14/h15H,1-10H2,(H,13,16). The van der Waals surface area contributed by atoms with E-state index in [1.165, 1.54) is 11.8 Å². The van der Waals surface area contributed by atoms with Gasteiger partial charge in [0.2, 0.25) is 11.8 Å². The lowest BCUT2D eigenvalue weighted by Crippen LogP contribution is -2.41. The van der Waals surface area contributed by atoms with Gasteiger partial charge in [0, 0.05) is 19.6 Å². The van der Waals surface area contributed by atoms with Crippen LogP contribution in [-0.4, -0.2) is 86.0 Å². The van der Waals surface area contributed by atoms with E-state index >= 15 is 0 Å². The highest BCUT2D eigenvalue weighted by molar-refractivity contribution is 8.00. The van der Waals surface area contributed by atoms with Crippen molar-refractivity contribution in [2.75, 3.05) is 64.2 Å². The van der Waals surface area contributed by atoms with Gasteiger partial charge in [-0.1, -0.05) is 0 Å². The van der Waals surface area contributed by atoms with Gasteiger partial charge in [-0.2, -0.15) is 0 Å². The van der Waals surface area contributed by atoms with Crippen LogP contribution in [0.3, 0.4) is 0 Å². The van der Waals surface area contributed by atoms with E-state index < -0.39 is 0 Å². The van der Waals surface area contributed by atoms with Gasteiger partial charge in [-0.15, -0.1) is 11.8 Å². The van der Waals surface area contributed by atoms with Crippen molar-refractivity contribution >= 4 is 23.6 Å². The lowest BCUT2D eigenvalue weighted by molar-refractivity contribution is -0.132. The van der Waals surface area contributed by atoms with Crippen molar-refractivity contribution in [3.63, 3.8) is 0 Å². The van der Waals surface area contributed by atoms with Crippen molar-refractivity contribution in [2.45, 2.75) is 0 Å². The molecule has 0 aliphatic carbocycles. The minimum Gasteiger partial charge on any atom is -0.394 e. The van der Waals surface area contributed by atoms with Gasteiger partial charge < -0.3 is 24.8 Å². The minimum absolute atomic E-state index is 0.0204. The van der Waals surface area contributed by atoms with E-state index in [4.69, 9.17) is 14.6 Å². The molecule has 116 valence electrons. The summed E-state index contributed by atoms with van der Waals surface area (Å²) in [6.45, 7) is 3.49. The molecule has 0 radical (unpaired) electrons. The molecule has 1 heterocycles. The van der Waals surface area contributed by atoms with Gasteiger partial charge in [-0.05, 0) is 0 Å². The summed E-state index contributed by atoms with van der Waals surface area (Å²) < 4.78 is 10.2. The molecule has 0 atom stereocenters. The zero-order valence-corrected chi connectivity index (χ0v) is 12.3. The summed E-state index contributed by atoms with van der Waals surface area (Å²) in [6, 6.07) is 0. The molecule has 0 aromatic rings. The van der Waals surface area contributed by atoms with Gasteiger partial charge in [0.25, 0.3) is 0 Å². The number of rotatable bonds is 9. The third kappa shape index (κ3) is 7.68. The van der Waals surface area contributed by atoms with Crippen molar-refractivity contribution in [3.05, 3.63) is 0 Å². The Labute approximate surface area is 123 Å². The molecule has 1 saturated heterocycles. The number of hydrogen-bond donors (Lipinski definition) is 2. The van der Waals surface area contributed by atoms with Crippen LogP contribution >= 0.6 is 11.8 Å². The van der Waals surface area contributed by atoms with Gasteiger partial charge in [0.15, 0.2) is 0 Å². The van der Waals surface area contributed by atoms with Crippen LogP contribution in [0, 0.1) is 0 Å². The molecular weight excluding hydrogens is 284 g/mol. The number of amides is 2. The van der Waals surface area contributed by atoms with Crippen LogP contribution in [0.4, 0.5) is 0 Å². The number of nitrogens with zero attached hydrogens (tertiary/aromatic N) is 1. The summed E-state index contributed by atoms with van der Waals surface area (Å²) in [7, 11) is 0. The van der Waals surface area contributed by atoms with Crippen LogP contribution in [0.15, 0.2) is 0 Å². The lowest BCUT2D eigenvalue weighted by Gasteiger charge is -2.26. The molecule has 1 aliphatic heterocycles. The fourth-order valence-electron chi connectivity index (χ4n) is 1.62. The highest BCUT2D eigenvalue weighted by Gasteiger charge is 2.16. The quantitative estimate of drug-likeness (QED) is 0.515. The van der Waals surface area contributed by atoms with Gasteiger partial charge >= 0.3 is 0 Å². The van der Waals surface area contributed by atoms with Crippen molar-refractivity contribution in [3.8, 4) is 0 Å². The first-order valence-corrected chi connectivity index (χ1v) is 7.78. The maximum atomic E-state index is 11.8. The summed E-state index contributed by atoms with van der Waals surface area (Å²) in [5.41, 5.74) is 0. The van der Waals surface area contributed by atoms with Gasteiger partial charge in [0.05, 0.1) is 44.5 Å². The largest absolute Gasteiger partial charge is 0.394 e. The maximum absolute atomic E-state index is 11.8. The summed E-state index contributed by atoms with van der Waals surface area (Å²) in [6.07, 6.45) is 0. The molecular formula is C12H22N2O5S. The minimum atomic E-state index is -0.114. The van der Waals surface area contributed by atoms with Gasteiger partial charge in [-0.25, -0.2) is 0 Å².